The van der Waals surface area contributed by atoms with Crippen LogP contribution < -0.4 is 4.72 Å². The number of aliphatic carboxylic acids is 1. The maximum absolute atomic E-state index is 13.0. The monoisotopic (exact) mass is 415 g/mol. The van der Waals surface area contributed by atoms with Crippen molar-refractivity contribution in [3.8, 4) is 0 Å². The van der Waals surface area contributed by atoms with Crippen LogP contribution in [-0.2, 0) is 14.8 Å². The number of hydrogen-bond donors (Lipinski definition) is 2. The second-order valence-electron chi connectivity index (χ2n) is 7.77. The lowest BCUT2D eigenvalue weighted by atomic mass is 9.83. The molecule has 2 unspecified atom stereocenters. The van der Waals surface area contributed by atoms with Crippen LogP contribution in [-0.4, -0.2) is 25.5 Å². The van der Waals surface area contributed by atoms with Crippen LogP contribution in [0.25, 0.3) is 10.8 Å². The second-order valence-corrected chi connectivity index (χ2v) is 9.49. The van der Waals surface area contributed by atoms with Gasteiger partial charge in [-0.3, -0.25) is 4.79 Å². The summed E-state index contributed by atoms with van der Waals surface area (Å²) in [6.45, 7) is 0. The summed E-state index contributed by atoms with van der Waals surface area (Å²) in [5.41, 5.74) is 0. The van der Waals surface area contributed by atoms with Crippen molar-refractivity contribution in [3.05, 3.63) is 54.6 Å². The zero-order chi connectivity index (χ0) is 20.7. The van der Waals surface area contributed by atoms with Crippen LogP contribution >= 0.6 is 0 Å². The number of fused-ring (bicyclic) bond motifs is 1. The predicted molar refractivity (Wildman–Crippen MR) is 115 cm³/mol. The Hall–Kier alpha value is -2.18. The highest BCUT2D eigenvalue weighted by Crippen LogP contribution is 2.29. The molecule has 0 bridgehead atoms. The number of benzene rings is 2. The van der Waals surface area contributed by atoms with Gasteiger partial charge in [0.1, 0.15) is 0 Å². The summed E-state index contributed by atoms with van der Waals surface area (Å²) >= 11 is 0. The van der Waals surface area contributed by atoms with Crippen LogP contribution in [0.4, 0.5) is 0 Å². The van der Waals surface area contributed by atoms with Gasteiger partial charge in [0.05, 0.1) is 4.90 Å². The van der Waals surface area contributed by atoms with Crippen molar-refractivity contribution in [2.75, 3.05) is 0 Å². The zero-order valence-electron chi connectivity index (χ0n) is 16.6. The fourth-order valence-electron chi connectivity index (χ4n) is 4.01. The van der Waals surface area contributed by atoms with Gasteiger partial charge in [0, 0.05) is 12.5 Å². The molecule has 2 N–H and O–H groups in total. The van der Waals surface area contributed by atoms with Crippen LogP contribution in [0.5, 0.6) is 0 Å². The van der Waals surface area contributed by atoms with Crippen molar-refractivity contribution in [1.29, 1.82) is 0 Å². The smallest absolute Gasteiger partial charge is 0.303 e. The lowest BCUT2D eigenvalue weighted by Crippen LogP contribution is -2.41. The third kappa shape index (κ3) is 6.15. The van der Waals surface area contributed by atoms with E-state index in [2.05, 4.69) is 10.8 Å². The first-order chi connectivity index (χ1) is 14.0. The number of sulfonamides is 1. The molecular weight excluding hydrogens is 386 g/mol. The fraction of sp³-hybridized carbons (Fsp3) is 0.435. The summed E-state index contributed by atoms with van der Waals surface area (Å²) < 4.78 is 28.9. The van der Waals surface area contributed by atoms with Gasteiger partial charge in [0.2, 0.25) is 10.0 Å². The van der Waals surface area contributed by atoms with Crippen molar-refractivity contribution in [2.24, 2.45) is 5.92 Å². The predicted octanol–water partition coefficient (Wildman–Crippen LogP) is 4.88. The van der Waals surface area contributed by atoms with Crippen LogP contribution in [0.1, 0.15) is 51.4 Å². The Morgan fingerprint density at radius 2 is 1.83 bits per heavy atom. The molecule has 1 saturated carbocycles. The van der Waals surface area contributed by atoms with Gasteiger partial charge in [-0.1, -0.05) is 55.3 Å². The molecule has 2 aromatic carbocycles. The molecule has 0 aliphatic heterocycles. The first-order valence-electron chi connectivity index (χ1n) is 10.3. The molecule has 0 heterocycles. The normalized spacial score (nSPS) is 20.3. The molecule has 0 aromatic heterocycles. The molecule has 6 heteroatoms. The fourth-order valence-corrected chi connectivity index (χ4v) is 5.38. The van der Waals surface area contributed by atoms with Gasteiger partial charge < -0.3 is 5.11 Å². The third-order valence-electron chi connectivity index (χ3n) is 5.61. The lowest BCUT2D eigenvalue weighted by Gasteiger charge is -2.31. The lowest BCUT2D eigenvalue weighted by molar-refractivity contribution is -0.137. The van der Waals surface area contributed by atoms with E-state index in [1.54, 1.807) is 12.1 Å². The first kappa shape index (κ1) is 21.5. The molecule has 1 aliphatic rings. The Morgan fingerprint density at radius 3 is 2.62 bits per heavy atom. The Labute approximate surface area is 172 Å². The standard InChI is InChI=1S/C23H29NO4S/c25-23(26)14-4-2-1-3-10-19-11-7-8-13-22(19)24-29(27,28)21-16-15-18-9-5-6-12-20(18)17-21/h1,3,5-6,9,12,15-17,19,22,24H,2,4,7-8,10-11,13-14H2,(H,25,26)/b3-1+. The molecule has 156 valence electrons. The Bertz CT molecular complexity index is 968. The van der Waals surface area contributed by atoms with Gasteiger partial charge in [-0.25, -0.2) is 13.1 Å². The zero-order valence-corrected chi connectivity index (χ0v) is 17.4. The summed E-state index contributed by atoms with van der Waals surface area (Å²) in [6.07, 6.45) is 10.5. The van der Waals surface area contributed by atoms with Gasteiger partial charge >= 0.3 is 5.97 Å². The number of allylic oxidation sites excluding steroid dienone is 2. The summed E-state index contributed by atoms with van der Waals surface area (Å²) in [4.78, 5) is 10.9. The van der Waals surface area contributed by atoms with E-state index in [0.29, 0.717) is 11.3 Å². The molecule has 3 rings (SSSR count). The average molecular weight is 416 g/mol. The Morgan fingerprint density at radius 1 is 1.07 bits per heavy atom. The van der Waals surface area contributed by atoms with Gasteiger partial charge in [0.25, 0.3) is 0 Å². The number of rotatable bonds is 9. The Kier molecular flexibility index (Phi) is 7.45. The van der Waals surface area contributed by atoms with Crippen molar-refractivity contribution in [1.82, 2.24) is 4.72 Å². The van der Waals surface area contributed by atoms with E-state index >= 15 is 0 Å². The number of carboxylic acid groups (broad SMARTS) is 1. The summed E-state index contributed by atoms with van der Waals surface area (Å²) in [7, 11) is -3.57. The molecule has 5 nitrogen and oxygen atoms in total. The topological polar surface area (TPSA) is 83.5 Å². The third-order valence-corrected chi connectivity index (χ3v) is 7.10. The molecule has 2 aromatic rings. The minimum Gasteiger partial charge on any atom is -0.481 e. The van der Waals surface area contributed by atoms with E-state index in [1.165, 1.54) is 0 Å². The average Bonchev–Trinajstić information content (AvgIpc) is 2.71. The van der Waals surface area contributed by atoms with E-state index in [-0.39, 0.29) is 18.4 Å². The molecule has 1 fully saturated rings. The Balaban J connectivity index is 1.63. The van der Waals surface area contributed by atoms with Gasteiger partial charge in [0.15, 0.2) is 0 Å². The first-order valence-corrected chi connectivity index (χ1v) is 11.8. The number of nitrogens with one attached hydrogen (secondary N) is 1. The highest BCUT2D eigenvalue weighted by Gasteiger charge is 2.28. The van der Waals surface area contributed by atoms with E-state index in [0.717, 1.165) is 49.3 Å². The van der Waals surface area contributed by atoms with Crippen LogP contribution in [0.3, 0.4) is 0 Å². The number of carboxylic acids is 1. The molecule has 0 spiro atoms. The molecular formula is C23H29NO4S. The van der Waals surface area contributed by atoms with Crippen molar-refractivity contribution in [2.45, 2.75) is 62.3 Å². The van der Waals surface area contributed by atoms with Gasteiger partial charge in [-0.15, -0.1) is 0 Å². The van der Waals surface area contributed by atoms with Crippen LogP contribution in [0.15, 0.2) is 59.5 Å². The van der Waals surface area contributed by atoms with E-state index in [1.807, 2.05) is 36.4 Å². The molecule has 0 radical (unpaired) electrons. The number of hydrogen-bond acceptors (Lipinski definition) is 3. The van der Waals surface area contributed by atoms with Crippen LogP contribution in [0, 0.1) is 5.92 Å². The van der Waals surface area contributed by atoms with Crippen molar-refractivity contribution in [3.63, 3.8) is 0 Å². The summed E-state index contributed by atoms with van der Waals surface area (Å²) in [5.74, 6) is -0.497. The van der Waals surface area contributed by atoms with E-state index < -0.39 is 16.0 Å². The summed E-state index contributed by atoms with van der Waals surface area (Å²) in [6, 6.07) is 12.9. The van der Waals surface area contributed by atoms with Crippen LogP contribution in [0.2, 0.25) is 0 Å². The minimum absolute atomic E-state index is 0.0658. The molecule has 29 heavy (non-hydrogen) atoms. The van der Waals surface area contributed by atoms with E-state index in [9.17, 15) is 13.2 Å². The number of unbranched alkanes of at least 4 members (excludes halogenated alkanes) is 1. The van der Waals surface area contributed by atoms with Gasteiger partial charge in [-0.2, -0.15) is 0 Å². The molecule has 0 amide bonds. The minimum atomic E-state index is -3.57. The largest absolute Gasteiger partial charge is 0.481 e. The highest BCUT2D eigenvalue weighted by molar-refractivity contribution is 7.89. The SMILES string of the molecule is O=C(O)CCC/C=C/CC1CCCCC1NS(=O)(=O)c1ccc2ccccc2c1. The van der Waals surface area contributed by atoms with Crippen molar-refractivity contribution >= 4 is 26.8 Å². The second kappa shape index (κ2) is 10.0. The molecule has 1 aliphatic carbocycles. The van der Waals surface area contributed by atoms with E-state index in [4.69, 9.17) is 5.11 Å². The van der Waals surface area contributed by atoms with Gasteiger partial charge in [-0.05, 0) is 60.9 Å². The molecule has 2 atom stereocenters. The maximum atomic E-state index is 13.0. The summed E-state index contributed by atoms with van der Waals surface area (Å²) in [5, 5.41) is 10.6. The molecule has 0 saturated heterocycles. The maximum Gasteiger partial charge on any atom is 0.303 e. The number of carbonyl (C=O) groups is 1. The van der Waals surface area contributed by atoms with Crippen molar-refractivity contribution < 1.29 is 18.3 Å². The highest BCUT2D eigenvalue weighted by atomic mass is 32.2. The quantitative estimate of drug-likeness (QED) is 0.452.